The third-order valence-corrected chi connectivity index (χ3v) is 8.41. The molecule has 2 saturated heterocycles. The van der Waals surface area contributed by atoms with Crippen molar-refractivity contribution in [3.63, 3.8) is 0 Å². The summed E-state index contributed by atoms with van der Waals surface area (Å²) >= 11 is 0. The highest BCUT2D eigenvalue weighted by molar-refractivity contribution is 6.39. The number of ketones is 1. The van der Waals surface area contributed by atoms with Crippen LogP contribution in [-0.4, -0.2) is 85.9 Å². The molecule has 2 unspecified atom stereocenters. The highest BCUT2D eigenvalue weighted by Crippen LogP contribution is 2.34. The number of Topliss-reactive ketones (excluding diaryl/α,β-unsaturated/α-hetero) is 1. The second-order valence-corrected chi connectivity index (χ2v) is 11.7. The topological polar surface area (TPSA) is 196 Å². The Morgan fingerprint density at radius 3 is 2.45 bits per heavy atom. The summed E-state index contributed by atoms with van der Waals surface area (Å²) in [4.78, 5) is 53.6. The minimum atomic E-state index is -1.50. The van der Waals surface area contributed by atoms with Crippen molar-refractivity contribution in [2.45, 2.75) is 101 Å². The van der Waals surface area contributed by atoms with Crippen LogP contribution in [0.4, 0.5) is 0 Å². The summed E-state index contributed by atoms with van der Waals surface area (Å²) in [6, 6.07) is -2.22. The van der Waals surface area contributed by atoms with E-state index in [9.17, 15) is 24.3 Å². The molecule has 1 aromatic rings. The van der Waals surface area contributed by atoms with Gasteiger partial charge in [0, 0.05) is 39.0 Å². The van der Waals surface area contributed by atoms with Crippen LogP contribution in [0, 0.1) is 5.92 Å². The summed E-state index contributed by atoms with van der Waals surface area (Å²) in [7, 11) is 0. The molecule has 1 saturated carbocycles. The van der Waals surface area contributed by atoms with Gasteiger partial charge in [-0.2, -0.15) is 0 Å². The van der Waals surface area contributed by atoms with Crippen molar-refractivity contribution in [2.75, 3.05) is 19.8 Å². The smallest absolute Gasteiger partial charge is 0.287 e. The lowest BCUT2D eigenvalue weighted by molar-refractivity contribution is -0.147. The number of hydrogen-bond donors (Lipinski definition) is 4. The number of halogens is 1. The molecule has 3 amide bonds. The molecule has 13 nitrogen and oxygen atoms in total. The Kier molecular flexibility index (Phi) is 10.3. The molecule has 40 heavy (non-hydrogen) atoms. The lowest BCUT2D eigenvalue weighted by atomic mass is 9.84. The second-order valence-electron chi connectivity index (χ2n) is 11.7. The van der Waals surface area contributed by atoms with Gasteiger partial charge in [-0.05, 0) is 26.2 Å². The molecule has 0 aromatic carbocycles. The molecule has 6 N–H and O–H groups in total. The summed E-state index contributed by atoms with van der Waals surface area (Å²) < 4.78 is 6.90. The van der Waals surface area contributed by atoms with Gasteiger partial charge in [0.1, 0.15) is 17.2 Å². The van der Waals surface area contributed by atoms with Gasteiger partial charge in [-0.15, -0.1) is 17.5 Å². The number of amides is 3. The summed E-state index contributed by atoms with van der Waals surface area (Å²) in [5, 5.41) is 21.5. The lowest BCUT2D eigenvalue weighted by Crippen LogP contribution is -2.63. The number of nitrogens with zero attached hydrogens (tertiary/aromatic N) is 4. The van der Waals surface area contributed by atoms with E-state index >= 15 is 0 Å². The Morgan fingerprint density at radius 1 is 1.20 bits per heavy atom. The maximum atomic E-state index is 13.8. The van der Waals surface area contributed by atoms with Crippen LogP contribution in [0.15, 0.2) is 6.20 Å². The van der Waals surface area contributed by atoms with Crippen LogP contribution in [0.1, 0.15) is 83.4 Å². The molecule has 0 bridgehead atoms. The van der Waals surface area contributed by atoms with Crippen molar-refractivity contribution in [3.05, 3.63) is 11.9 Å². The van der Waals surface area contributed by atoms with E-state index in [1.165, 1.54) is 17.5 Å². The zero-order valence-electron chi connectivity index (χ0n) is 23.2. The third-order valence-electron chi connectivity index (χ3n) is 8.41. The van der Waals surface area contributed by atoms with Crippen molar-refractivity contribution < 1.29 is 29.0 Å². The molecular weight excluding hydrogens is 542 g/mol. The number of nitrogens with one attached hydrogen (secondary N) is 1. The standard InChI is InChI=1S/C26H41N7O6.ClH/c1-25(2,38)20-14-29-31-33(20)17-13-19(23(36)30-26(21(34)22(28)35)8-10-39-11-9-26)32(15-17)24(37)18(27)12-16-6-4-3-5-7-16;/h14,16-19,38H,3-13,15,27H2,1-2H3,(H2,28,35)(H,30,36);1H/t17?,18-,19?;/m1./s1. The van der Waals surface area contributed by atoms with E-state index in [-0.39, 0.29) is 57.3 Å². The Labute approximate surface area is 240 Å². The SMILES string of the molecule is CC(C)(O)c1cnnn1C1CC(C(=O)NC2(C(=O)C(N)=O)CCOCC2)N(C(=O)[C@H](N)CC2CCCCC2)C1.Cl. The molecule has 3 atom stereocenters. The monoisotopic (exact) mass is 583 g/mol. The van der Waals surface area contributed by atoms with Gasteiger partial charge in [-0.25, -0.2) is 4.68 Å². The number of aliphatic hydroxyl groups is 1. The van der Waals surface area contributed by atoms with E-state index in [0.717, 1.165) is 25.7 Å². The fourth-order valence-corrected chi connectivity index (χ4v) is 6.21. The predicted octanol–water partition coefficient (Wildman–Crippen LogP) is 0.0868. The number of ether oxygens (including phenoxy) is 1. The first kappa shape index (κ1) is 31.9. The molecule has 0 radical (unpaired) electrons. The first-order valence-electron chi connectivity index (χ1n) is 13.9. The van der Waals surface area contributed by atoms with Gasteiger partial charge in [0.05, 0.1) is 24.0 Å². The Balaban J connectivity index is 0.00000441. The highest BCUT2D eigenvalue weighted by Gasteiger charge is 2.49. The number of carbonyl (C=O) groups is 4. The minimum absolute atomic E-state index is 0. The number of rotatable bonds is 9. The average Bonchev–Trinajstić information content (AvgIpc) is 3.56. The first-order chi connectivity index (χ1) is 18.4. The van der Waals surface area contributed by atoms with Crippen molar-refractivity contribution in [1.29, 1.82) is 0 Å². The van der Waals surface area contributed by atoms with Crippen LogP contribution in [0.5, 0.6) is 0 Å². The largest absolute Gasteiger partial charge is 0.384 e. The first-order valence-corrected chi connectivity index (χ1v) is 13.9. The molecule has 3 heterocycles. The van der Waals surface area contributed by atoms with Gasteiger partial charge >= 0.3 is 0 Å². The molecule has 3 aliphatic rings. The summed E-state index contributed by atoms with van der Waals surface area (Å²) in [5.41, 5.74) is 9.44. The fourth-order valence-electron chi connectivity index (χ4n) is 6.21. The van der Waals surface area contributed by atoms with E-state index < -0.39 is 46.9 Å². The molecular formula is C26H42ClN7O6. The molecule has 224 valence electrons. The summed E-state index contributed by atoms with van der Waals surface area (Å²) in [6.07, 6.45) is 7.83. The molecule has 4 rings (SSSR count). The van der Waals surface area contributed by atoms with Gasteiger partial charge in [0.2, 0.25) is 17.6 Å². The average molecular weight is 584 g/mol. The van der Waals surface area contributed by atoms with E-state index in [0.29, 0.717) is 18.0 Å². The quantitative estimate of drug-likeness (QED) is 0.291. The van der Waals surface area contributed by atoms with Crippen LogP contribution >= 0.6 is 12.4 Å². The molecule has 1 aromatic heterocycles. The summed E-state index contributed by atoms with van der Waals surface area (Å²) in [5.74, 6) is -2.59. The van der Waals surface area contributed by atoms with Gasteiger partial charge in [-0.3, -0.25) is 19.2 Å². The fraction of sp³-hybridized carbons (Fsp3) is 0.769. The normalized spacial score (nSPS) is 24.1. The van der Waals surface area contributed by atoms with Crippen LogP contribution in [-0.2, 0) is 29.5 Å². The number of nitrogens with two attached hydrogens (primary N) is 2. The number of aromatic nitrogens is 3. The van der Waals surface area contributed by atoms with Crippen molar-refractivity contribution in [2.24, 2.45) is 17.4 Å². The molecule has 14 heteroatoms. The van der Waals surface area contributed by atoms with Crippen LogP contribution in [0.25, 0.3) is 0 Å². The van der Waals surface area contributed by atoms with Crippen molar-refractivity contribution in [3.8, 4) is 0 Å². The van der Waals surface area contributed by atoms with Gasteiger partial charge in [0.25, 0.3) is 5.91 Å². The zero-order chi connectivity index (χ0) is 28.4. The molecule has 3 fully saturated rings. The molecule has 0 spiro atoms. The van der Waals surface area contributed by atoms with Gasteiger partial charge in [-0.1, -0.05) is 37.3 Å². The third kappa shape index (κ3) is 6.81. The number of carbonyl (C=O) groups excluding carboxylic acids is 4. The molecule has 2 aliphatic heterocycles. The van der Waals surface area contributed by atoms with Crippen LogP contribution in [0.3, 0.4) is 0 Å². The van der Waals surface area contributed by atoms with E-state index in [4.69, 9.17) is 16.2 Å². The minimum Gasteiger partial charge on any atom is -0.384 e. The number of hydrogen-bond acceptors (Lipinski definition) is 9. The Morgan fingerprint density at radius 2 is 1.85 bits per heavy atom. The molecule has 1 aliphatic carbocycles. The van der Waals surface area contributed by atoms with Crippen molar-refractivity contribution in [1.82, 2.24) is 25.2 Å². The van der Waals surface area contributed by atoms with Crippen LogP contribution < -0.4 is 16.8 Å². The van der Waals surface area contributed by atoms with E-state index in [1.54, 1.807) is 18.5 Å². The summed E-state index contributed by atoms with van der Waals surface area (Å²) in [6.45, 7) is 3.69. The van der Waals surface area contributed by atoms with E-state index in [1.807, 2.05) is 0 Å². The number of primary amides is 1. The lowest BCUT2D eigenvalue weighted by Gasteiger charge is -2.37. The van der Waals surface area contributed by atoms with Crippen LogP contribution in [0.2, 0.25) is 0 Å². The van der Waals surface area contributed by atoms with Gasteiger partial charge < -0.3 is 31.5 Å². The Bertz CT molecular complexity index is 1080. The number of likely N-dealkylation sites (tertiary alicyclic amines) is 1. The maximum absolute atomic E-state index is 13.8. The highest BCUT2D eigenvalue weighted by atomic mass is 35.5. The Hall–Kier alpha value is -2.61. The van der Waals surface area contributed by atoms with E-state index in [2.05, 4.69) is 15.6 Å². The van der Waals surface area contributed by atoms with Crippen molar-refractivity contribution >= 4 is 35.9 Å². The zero-order valence-corrected chi connectivity index (χ0v) is 24.0. The maximum Gasteiger partial charge on any atom is 0.287 e. The second kappa shape index (κ2) is 12.9. The van der Waals surface area contributed by atoms with Gasteiger partial charge in [0.15, 0.2) is 0 Å². The predicted molar refractivity (Wildman–Crippen MR) is 146 cm³/mol.